The Morgan fingerprint density at radius 2 is 1.71 bits per heavy atom. The van der Waals surface area contributed by atoms with Gasteiger partial charge < -0.3 is 15.0 Å². The van der Waals surface area contributed by atoms with E-state index in [9.17, 15) is 8.42 Å². The van der Waals surface area contributed by atoms with Crippen LogP contribution in [0.15, 0.2) is 0 Å². The van der Waals surface area contributed by atoms with Crippen LogP contribution in [0.25, 0.3) is 0 Å². The van der Waals surface area contributed by atoms with Crippen LogP contribution in [-0.4, -0.2) is 84.2 Å². The highest BCUT2D eigenvalue weighted by Gasteiger charge is 2.15. The zero-order chi connectivity index (χ0) is 16.3. The summed E-state index contributed by atoms with van der Waals surface area (Å²) in [4.78, 5) is 2.02. The maximum absolute atomic E-state index is 11.9. The molecule has 0 atom stereocenters. The lowest BCUT2D eigenvalue weighted by Gasteiger charge is -2.18. The van der Waals surface area contributed by atoms with Crippen molar-refractivity contribution in [2.45, 2.75) is 26.3 Å². The molecule has 2 N–H and O–H groups in total. The molecule has 0 aromatic heterocycles. The first-order valence-electron chi connectivity index (χ1n) is 7.42. The summed E-state index contributed by atoms with van der Waals surface area (Å²) in [6.45, 7) is 7.56. The molecule has 0 saturated heterocycles. The van der Waals surface area contributed by atoms with Gasteiger partial charge in [0.15, 0.2) is 0 Å². The van der Waals surface area contributed by atoms with Crippen LogP contribution < -0.4 is 10.0 Å². The number of nitrogens with zero attached hydrogens (tertiary/aromatic N) is 2. The van der Waals surface area contributed by atoms with Crippen molar-refractivity contribution in [2.24, 2.45) is 0 Å². The van der Waals surface area contributed by atoms with E-state index in [0.29, 0.717) is 32.3 Å². The highest BCUT2D eigenvalue weighted by molar-refractivity contribution is 7.87. The highest BCUT2D eigenvalue weighted by Crippen LogP contribution is 1.95. The molecule has 0 radical (unpaired) electrons. The van der Waals surface area contributed by atoms with Crippen LogP contribution in [0, 0.1) is 0 Å². The summed E-state index contributed by atoms with van der Waals surface area (Å²) in [5.41, 5.74) is 0. The molecule has 0 aliphatic rings. The van der Waals surface area contributed by atoms with Crippen molar-refractivity contribution < 1.29 is 13.2 Å². The van der Waals surface area contributed by atoms with Crippen molar-refractivity contribution in [3.05, 3.63) is 0 Å². The molecule has 7 nitrogen and oxygen atoms in total. The maximum atomic E-state index is 11.9. The summed E-state index contributed by atoms with van der Waals surface area (Å²) in [5.74, 6) is 0. The quantitative estimate of drug-likeness (QED) is 0.456. The van der Waals surface area contributed by atoms with Gasteiger partial charge in [0.05, 0.1) is 13.2 Å². The number of hydrogen-bond acceptors (Lipinski definition) is 5. The summed E-state index contributed by atoms with van der Waals surface area (Å²) in [6, 6.07) is 0.421. The Balaban J connectivity index is 3.75. The average molecular weight is 324 g/mol. The van der Waals surface area contributed by atoms with Crippen molar-refractivity contribution in [3.63, 3.8) is 0 Å². The fourth-order valence-corrected chi connectivity index (χ4v) is 2.45. The van der Waals surface area contributed by atoms with E-state index in [1.165, 1.54) is 4.31 Å². The smallest absolute Gasteiger partial charge is 0.279 e. The summed E-state index contributed by atoms with van der Waals surface area (Å²) in [5, 5.41) is 3.26. The molecule has 0 rings (SSSR count). The zero-order valence-electron chi connectivity index (χ0n) is 14.1. The van der Waals surface area contributed by atoms with Gasteiger partial charge in [-0.05, 0) is 27.1 Å². The molecule has 21 heavy (non-hydrogen) atoms. The summed E-state index contributed by atoms with van der Waals surface area (Å²) < 4.78 is 33.1. The monoisotopic (exact) mass is 324 g/mol. The van der Waals surface area contributed by atoms with Gasteiger partial charge >= 0.3 is 0 Å². The lowest BCUT2D eigenvalue weighted by Crippen LogP contribution is -2.41. The van der Waals surface area contributed by atoms with Crippen molar-refractivity contribution in [1.82, 2.24) is 19.2 Å². The summed E-state index contributed by atoms with van der Waals surface area (Å²) >= 11 is 0. The topological polar surface area (TPSA) is 73.9 Å². The molecule has 0 amide bonds. The second-order valence-corrected chi connectivity index (χ2v) is 7.46. The van der Waals surface area contributed by atoms with Gasteiger partial charge in [-0.1, -0.05) is 13.8 Å². The fourth-order valence-electron chi connectivity index (χ4n) is 1.51. The molecule has 0 aromatic rings. The van der Waals surface area contributed by atoms with Gasteiger partial charge in [0, 0.05) is 32.7 Å². The third-order valence-corrected chi connectivity index (χ3v) is 4.40. The molecule has 0 heterocycles. The van der Waals surface area contributed by atoms with Crippen LogP contribution in [0.4, 0.5) is 0 Å². The minimum absolute atomic E-state index is 0.296. The Kier molecular flexibility index (Phi) is 11.2. The Hall–Kier alpha value is -0.250. The number of likely N-dealkylation sites (N-methyl/N-ethyl adjacent to an activating group) is 1. The lowest BCUT2D eigenvalue weighted by molar-refractivity contribution is 0.122. The molecule has 8 heteroatoms. The average Bonchev–Trinajstić information content (AvgIpc) is 2.37. The fraction of sp³-hybridized carbons (Fsp3) is 1.00. The zero-order valence-corrected chi connectivity index (χ0v) is 14.9. The molecule has 0 saturated carbocycles. The Labute approximate surface area is 130 Å². The van der Waals surface area contributed by atoms with Gasteiger partial charge in [0.1, 0.15) is 0 Å². The standard InChI is InChI=1S/C13H32N4O3S/c1-13(2)14-7-6-9-17(5)21(18,19)15-8-11-20-12-10-16(3)4/h13-15H,6-12H2,1-5H3. The van der Waals surface area contributed by atoms with Crippen molar-refractivity contribution >= 4 is 10.2 Å². The minimum Gasteiger partial charge on any atom is -0.379 e. The summed E-state index contributed by atoms with van der Waals surface area (Å²) in [7, 11) is 2.12. The molecule has 128 valence electrons. The number of hydrogen-bond donors (Lipinski definition) is 2. The van der Waals surface area contributed by atoms with Crippen LogP contribution in [0.2, 0.25) is 0 Å². The van der Waals surface area contributed by atoms with Gasteiger partial charge in [-0.3, -0.25) is 0 Å². The van der Waals surface area contributed by atoms with E-state index in [1.807, 2.05) is 19.0 Å². The van der Waals surface area contributed by atoms with Crippen LogP contribution in [0.3, 0.4) is 0 Å². The summed E-state index contributed by atoms with van der Waals surface area (Å²) in [6.07, 6.45) is 0.787. The maximum Gasteiger partial charge on any atom is 0.279 e. The third kappa shape index (κ3) is 12.0. The van der Waals surface area contributed by atoms with Crippen molar-refractivity contribution in [1.29, 1.82) is 0 Å². The van der Waals surface area contributed by atoms with Gasteiger partial charge in [-0.15, -0.1) is 0 Å². The molecule has 0 bridgehead atoms. The molecular formula is C13H32N4O3S. The Bertz CT molecular complexity index is 347. The predicted molar refractivity (Wildman–Crippen MR) is 86.7 cm³/mol. The first-order valence-corrected chi connectivity index (χ1v) is 8.86. The number of nitrogens with one attached hydrogen (secondary N) is 2. The van der Waals surface area contributed by atoms with E-state index in [2.05, 4.69) is 23.9 Å². The van der Waals surface area contributed by atoms with E-state index in [-0.39, 0.29) is 0 Å². The first-order chi connectivity index (χ1) is 9.75. The van der Waals surface area contributed by atoms with Crippen molar-refractivity contribution in [3.8, 4) is 0 Å². The Morgan fingerprint density at radius 1 is 1.05 bits per heavy atom. The molecule has 0 aliphatic heterocycles. The number of ether oxygens (including phenoxy) is 1. The van der Waals surface area contributed by atoms with Crippen LogP contribution in [0.5, 0.6) is 0 Å². The van der Waals surface area contributed by atoms with E-state index < -0.39 is 10.2 Å². The normalized spacial score (nSPS) is 12.8. The van der Waals surface area contributed by atoms with Gasteiger partial charge in [0.25, 0.3) is 10.2 Å². The van der Waals surface area contributed by atoms with E-state index in [1.54, 1.807) is 7.05 Å². The van der Waals surface area contributed by atoms with Crippen LogP contribution >= 0.6 is 0 Å². The second kappa shape index (κ2) is 11.3. The molecule has 0 fully saturated rings. The molecule has 0 aromatic carbocycles. The SMILES string of the molecule is CC(C)NCCCN(C)S(=O)(=O)NCCOCCN(C)C. The van der Waals surface area contributed by atoms with Gasteiger partial charge in [-0.25, -0.2) is 0 Å². The molecule has 0 aliphatic carbocycles. The first kappa shape index (κ1) is 20.8. The van der Waals surface area contributed by atoms with Crippen LogP contribution in [0.1, 0.15) is 20.3 Å². The van der Waals surface area contributed by atoms with Gasteiger partial charge in [-0.2, -0.15) is 17.4 Å². The second-order valence-electron chi connectivity index (χ2n) is 5.60. The highest BCUT2D eigenvalue weighted by atomic mass is 32.2. The van der Waals surface area contributed by atoms with E-state index >= 15 is 0 Å². The van der Waals surface area contributed by atoms with E-state index in [4.69, 9.17) is 4.74 Å². The van der Waals surface area contributed by atoms with Gasteiger partial charge in [0.2, 0.25) is 0 Å². The van der Waals surface area contributed by atoms with E-state index in [0.717, 1.165) is 19.5 Å². The predicted octanol–water partition coefficient (Wildman–Crippen LogP) is -0.281. The molecule has 0 unspecified atom stereocenters. The lowest BCUT2D eigenvalue weighted by atomic mass is 10.3. The third-order valence-electron chi connectivity index (χ3n) is 2.83. The largest absolute Gasteiger partial charge is 0.379 e. The minimum atomic E-state index is -3.40. The Morgan fingerprint density at radius 3 is 2.29 bits per heavy atom. The van der Waals surface area contributed by atoms with Crippen molar-refractivity contribution in [2.75, 3.05) is 60.5 Å². The number of rotatable bonds is 13. The molecule has 0 spiro atoms. The molecular weight excluding hydrogens is 292 g/mol. The van der Waals surface area contributed by atoms with Crippen LogP contribution in [-0.2, 0) is 14.9 Å².